The topological polar surface area (TPSA) is 73.6 Å². The smallest absolute Gasteiger partial charge is 0.412 e. The Balaban J connectivity index is 1.53. The molecule has 2 aromatic carbocycles. The van der Waals surface area contributed by atoms with E-state index in [2.05, 4.69) is 10.2 Å². The van der Waals surface area contributed by atoms with Gasteiger partial charge in [-0.25, -0.2) is 9.18 Å². The number of halogens is 1. The molecular weight excluding hydrogens is 371 g/mol. The van der Waals surface area contributed by atoms with Gasteiger partial charge in [0.25, 0.3) is 5.82 Å². The molecule has 1 amide bonds. The molecule has 0 aliphatic heterocycles. The van der Waals surface area contributed by atoms with Gasteiger partial charge in [0, 0.05) is 18.1 Å². The Hall–Kier alpha value is -3.79. The Morgan fingerprint density at radius 1 is 1.24 bits per heavy atom. The number of fused-ring (bicyclic) bond motifs is 1. The van der Waals surface area contributed by atoms with Crippen LogP contribution in [0.25, 0.3) is 10.5 Å². The van der Waals surface area contributed by atoms with Crippen molar-refractivity contribution in [3.05, 3.63) is 82.6 Å². The molecule has 0 bridgehead atoms. The minimum Gasteiger partial charge on any atom is -0.444 e. The molecule has 6 nitrogen and oxygen atoms in total. The van der Waals surface area contributed by atoms with E-state index < -0.39 is 11.9 Å². The highest BCUT2D eigenvalue weighted by atomic mass is 19.1. The third kappa shape index (κ3) is 3.52. The molecule has 0 fully saturated rings. The van der Waals surface area contributed by atoms with Crippen LogP contribution in [0.4, 0.5) is 26.4 Å². The highest BCUT2D eigenvalue weighted by Crippen LogP contribution is 2.40. The van der Waals surface area contributed by atoms with E-state index >= 15 is 0 Å². The average Bonchev–Trinajstić information content (AvgIpc) is 3.30. The summed E-state index contributed by atoms with van der Waals surface area (Å²) >= 11 is 0. The summed E-state index contributed by atoms with van der Waals surface area (Å²) in [5.41, 5.74) is 9.87. The van der Waals surface area contributed by atoms with Crippen molar-refractivity contribution in [3.63, 3.8) is 0 Å². The molecule has 1 heterocycles. The number of nitrogens with two attached hydrogens (primary N) is 1. The van der Waals surface area contributed by atoms with Crippen LogP contribution in [-0.4, -0.2) is 10.7 Å². The van der Waals surface area contributed by atoms with Crippen molar-refractivity contribution in [2.45, 2.75) is 25.9 Å². The third-order valence-electron chi connectivity index (χ3n) is 5.00. The number of hydrogen-bond acceptors (Lipinski definition) is 3. The van der Waals surface area contributed by atoms with Crippen LogP contribution in [0.2, 0.25) is 0 Å². The number of nitrogens with one attached hydrogen (secondary N) is 1. The van der Waals surface area contributed by atoms with Gasteiger partial charge in [0.05, 0.1) is 17.1 Å². The van der Waals surface area contributed by atoms with Gasteiger partial charge >= 0.3 is 6.09 Å². The van der Waals surface area contributed by atoms with E-state index in [0.29, 0.717) is 17.2 Å². The number of nitrogens with zero attached hydrogens (tertiary/aromatic N) is 2. The number of amides is 1. The number of nitrogen functional groups attached to an aromatic ring is 1. The van der Waals surface area contributed by atoms with Gasteiger partial charge in [-0.15, -0.1) is 0 Å². The predicted octanol–water partition coefficient (Wildman–Crippen LogP) is 4.99. The Kier molecular flexibility index (Phi) is 4.92. The van der Waals surface area contributed by atoms with Gasteiger partial charge < -0.3 is 15.3 Å². The van der Waals surface area contributed by atoms with Crippen molar-refractivity contribution in [1.29, 1.82) is 0 Å². The Labute approximate surface area is 167 Å². The van der Waals surface area contributed by atoms with Gasteiger partial charge in [-0.3, -0.25) is 9.88 Å². The Morgan fingerprint density at radius 2 is 2.03 bits per heavy atom. The highest BCUT2D eigenvalue weighted by Gasteiger charge is 2.28. The van der Waals surface area contributed by atoms with E-state index in [-0.39, 0.29) is 12.3 Å². The molecule has 29 heavy (non-hydrogen) atoms. The number of hydrogen-bond donors (Lipinski definition) is 2. The average molecular weight is 390 g/mol. The van der Waals surface area contributed by atoms with E-state index in [0.717, 1.165) is 36.1 Å². The normalized spacial score (nSPS) is 12.3. The van der Waals surface area contributed by atoms with Crippen LogP contribution in [0.3, 0.4) is 0 Å². The zero-order chi connectivity index (χ0) is 20.4. The third-order valence-corrected chi connectivity index (χ3v) is 5.00. The van der Waals surface area contributed by atoms with Crippen molar-refractivity contribution in [2.75, 3.05) is 11.1 Å². The summed E-state index contributed by atoms with van der Waals surface area (Å²) in [6.07, 6.45) is 1.84. The van der Waals surface area contributed by atoms with Gasteiger partial charge in [-0.05, 0) is 30.5 Å². The zero-order valence-corrected chi connectivity index (χ0v) is 15.6. The first-order valence-electron chi connectivity index (χ1n) is 9.25. The highest BCUT2D eigenvalue weighted by molar-refractivity contribution is 5.85. The monoisotopic (exact) mass is 390 g/mol. The maximum atomic E-state index is 14.7. The fraction of sp³-hybridized carbons (Fsp3) is 0.182. The minimum atomic E-state index is -0.742. The summed E-state index contributed by atoms with van der Waals surface area (Å²) in [6.45, 7) is 7.54. The summed E-state index contributed by atoms with van der Waals surface area (Å²) in [6, 6.07) is 13.6. The lowest BCUT2D eigenvalue weighted by Crippen LogP contribution is -2.14. The molecule has 1 aliphatic carbocycles. The van der Waals surface area contributed by atoms with E-state index in [4.69, 9.17) is 17.0 Å². The van der Waals surface area contributed by atoms with E-state index in [1.807, 2.05) is 30.3 Å². The molecule has 0 spiro atoms. The minimum absolute atomic E-state index is 0.00736. The predicted molar refractivity (Wildman–Crippen MR) is 109 cm³/mol. The molecule has 3 N–H and O–H groups in total. The van der Waals surface area contributed by atoms with Crippen LogP contribution < -0.4 is 11.1 Å². The van der Waals surface area contributed by atoms with Crippen LogP contribution in [-0.2, 0) is 24.2 Å². The van der Waals surface area contributed by atoms with Gasteiger partial charge in [-0.2, -0.15) is 0 Å². The summed E-state index contributed by atoms with van der Waals surface area (Å²) in [4.78, 5) is 15.5. The molecule has 4 rings (SSSR count). The van der Waals surface area contributed by atoms with Crippen LogP contribution in [0.5, 0.6) is 0 Å². The van der Waals surface area contributed by atoms with Gasteiger partial charge in [0.2, 0.25) is 0 Å². The second kappa shape index (κ2) is 7.68. The van der Waals surface area contributed by atoms with Crippen molar-refractivity contribution < 1.29 is 13.9 Å². The maximum absolute atomic E-state index is 14.7. The maximum Gasteiger partial charge on any atom is 0.412 e. The van der Waals surface area contributed by atoms with Crippen LogP contribution >= 0.6 is 0 Å². The molecule has 1 aromatic heterocycles. The summed E-state index contributed by atoms with van der Waals surface area (Å²) < 4.78 is 21.5. The lowest BCUT2D eigenvalue weighted by atomic mass is 10.2. The Bertz CT molecular complexity index is 1120. The van der Waals surface area contributed by atoms with Gasteiger partial charge in [0.15, 0.2) is 5.82 Å². The summed E-state index contributed by atoms with van der Waals surface area (Å²) in [7, 11) is 0. The fourth-order valence-corrected chi connectivity index (χ4v) is 3.65. The number of rotatable bonds is 4. The second-order valence-corrected chi connectivity index (χ2v) is 6.81. The molecule has 3 aromatic rings. The lowest BCUT2D eigenvalue weighted by Gasteiger charge is -2.10. The molecule has 7 heteroatoms. The lowest BCUT2D eigenvalue weighted by molar-refractivity contribution is 0.155. The first kappa shape index (κ1) is 18.6. The van der Waals surface area contributed by atoms with Gasteiger partial charge in [-0.1, -0.05) is 36.9 Å². The van der Waals surface area contributed by atoms with Crippen LogP contribution in [0, 0.1) is 12.4 Å². The SMILES string of the molecule is [C-]#[N+]c1c(N)c2c(n1-c1ccc(NC(=O)OCc3ccccc3)c(F)c1)CCC2. The molecule has 0 atom stereocenters. The fourth-order valence-electron chi connectivity index (χ4n) is 3.65. The first-order chi connectivity index (χ1) is 14.1. The number of benzene rings is 2. The van der Waals surface area contributed by atoms with Crippen molar-refractivity contribution in [3.8, 4) is 5.69 Å². The van der Waals surface area contributed by atoms with Crippen molar-refractivity contribution >= 4 is 23.3 Å². The molecule has 1 aliphatic rings. The Morgan fingerprint density at radius 3 is 2.76 bits per heavy atom. The van der Waals surface area contributed by atoms with Crippen LogP contribution in [0.1, 0.15) is 23.2 Å². The molecule has 0 saturated heterocycles. The summed E-state index contributed by atoms with van der Waals surface area (Å²) in [5, 5.41) is 2.41. The van der Waals surface area contributed by atoms with Gasteiger partial charge in [0.1, 0.15) is 12.3 Å². The number of carbonyl (C=O) groups excluding carboxylic acids is 1. The zero-order valence-electron chi connectivity index (χ0n) is 15.6. The summed E-state index contributed by atoms with van der Waals surface area (Å²) in [5.74, 6) is -0.314. The molecule has 0 saturated carbocycles. The van der Waals surface area contributed by atoms with Crippen molar-refractivity contribution in [2.24, 2.45) is 0 Å². The number of anilines is 2. The second-order valence-electron chi connectivity index (χ2n) is 6.81. The quantitative estimate of drug-likeness (QED) is 0.617. The molecule has 0 radical (unpaired) electrons. The van der Waals surface area contributed by atoms with Crippen LogP contribution in [0.15, 0.2) is 48.5 Å². The molecule has 0 unspecified atom stereocenters. The molecule has 146 valence electrons. The number of aromatic nitrogens is 1. The largest absolute Gasteiger partial charge is 0.444 e. The number of ether oxygens (including phenoxy) is 1. The first-order valence-corrected chi connectivity index (χ1v) is 9.25. The standard InChI is InChI=1S/C22H19FN4O2/c1-25-21-20(24)16-8-5-9-19(16)27(21)15-10-11-18(17(23)12-15)26-22(28)29-13-14-6-3-2-4-7-14/h2-4,6-7,10-12H,5,8-9,13,24H2,(H,26,28). The van der Waals surface area contributed by atoms with E-state index in [1.165, 1.54) is 12.1 Å². The van der Waals surface area contributed by atoms with E-state index in [1.54, 1.807) is 10.6 Å². The van der Waals surface area contributed by atoms with Crippen molar-refractivity contribution in [1.82, 2.24) is 4.57 Å². The molecular formula is C22H19FN4O2. The van der Waals surface area contributed by atoms with E-state index in [9.17, 15) is 9.18 Å². The number of carbonyl (C=O) groups is 1.